The van der Waals surface area contributed by atoms with E-state index in [4.69, 9.17) is 4.74 Å². The number of anilines is 3. The summed E-state index contributed by atoms with van der Waals surface area (Å²) in [7, 11) is 0. The molecule has 0 unspecified atom stereocenters. The highest BCUT2D eigenvalue weighted by molar-refractivity contribution is 5.95. The molecule has 0 radical (unpaired) electrons. The van der Waals surface area contributed by atoms with Gasteiger partial charge >= 0.3 is 0 Å². The van der Waals surface area contributed by atoms with Crippen LogP contribution < -0.4 is 10.2 Å². The van der Waals surface area contributed by atoms with Crippen LogP contribution in [0.25, 0.3) is 10.9 Å². The number of nitrogens with zero attached hydrogens (tertiary/aromatic N) is 4. The highest BCUT2D eigenvalue weighted by atomic mass is 16.6. The first-order valence-electron chi connectivity index (χ1n) is 8.71. The van der Waals surface area contributed by atoms with Gasteiger partial charge in [0.2, 0.25) is 0 Å². The zero-order valence-electron chi connectivity index (χ0n) is 14.9. The van der Waals surface area contributed by atoms with Crippen molar-refractivity contribution in [3.05, 3.63) is 58.4 Å². The average Bonchev–Trinajstić information content (AvgIpc) is 2.68. The molecule has 1 saturated heterocycles. The van der Waals surface area contributed by atoms with E-state index in [0.29, 0.717) is 48.7 Å². The van der Waals surface area contributed by atoms with Crippen molar-refractivity contribution in [3.8, 4) is 0 Å². The second-order valence-electron chi connectivity index (χ2n) is 6.43. The molecule has 0 spiro atoms. The van der Waals surface area contributed by atoms with Crippen LogP contribution in [0.4, 0.5) is 22.9 Å². The summed E-state index contributed by atoms with van der Waals surface area (Å²) < 4.78 is 5.36. The van der Waals surface area contributed by atoms with Gasteiger partial charge in [0.05, 0.1) is 23.7 Å². The van der Waals surface area contributed by atoms with E-state index < -0.39 is 0 Å². The summed E-state index contributed by atoms with van der Waals surface area (Å²) in [6, 6.07) is 11.2. The third-order valence-electron chi connectivity index (χ3n) is 4.56. The van der Waals surface area contributed by atoms with Gasteiger partial charge in [-0.1, -0.05) is 12.1 Å². The first kappa shape index (κ1) is 17.2. The number of nitro benzene ring substituents is 1. The lowest BCUT2D eigenvalue weighted by Gasteiger charge is -2.28. The molecule has 3 aromatic rings. The van der Waals surface area contributed by atoms with Crippen molar-refractivity contribution >= 4 is 33.8 Å². The van der Waals surface area contributed by atoms with Crippen LogP contribution in [0.1, 0.15) is 5.56 Å². The van der Waals surface area contributed by atoms with E-state index >= 15 is 0 Å². The number of ether oxygens (including phenoxy) is 1. The molecule has 0 atom stereocenters. The highest BCUT2D eigenvalue weighted by Crippen LogP contribution is 2.35. The summed E-state index contributed by atoms with van der Waals surface area (Å²) in [6.45, 7) is 4.35. The summed E-state index contributed by atoms with van der Waals surface area (Å²) in [6.07, 6.45) is 1.47. The number of aromatic nitrogens is 2. The monoisotopic (exact) mass is 365 g/mol. The summed E-state index contributed by atoms with van der Waals surface area (Å²) in [5, 5.41) is 15.6. The van der Waals surface area contributed by atoms with Gasteiger partial charge in [0.25, 0.3) is 5.69 Å². The topological polar surface area (TPSA) is 93.4 Å². The first-order valence-corrected chi connectivity index (χ1v) is 8.71. The average molecular weight is 365 g/mol. The maximum Gasteiger partial charge on any atom is 0.293 e. The van der Waals surface area contributed by atoms with Crippen molar-refractivity contribution < 1.29 is 9.66 Å². The number of nitro groups is 1. The molecule has 0 saturated carbocycles. The quantitative estimate of drug-likeness (QED) is 0.559. The number of hydrogen-bond donors (Lipinski definition) is 1. The molecular formula is C19H19N5O3. The molecule has 0 amide bonds. The molecule has 1 aliphatic rings. The second-order valence-corrected chi connectivity index (χ2v) is 6.43. The Kier molecular flexibility index (Phi) is 4.55. The SMILES string of the molecule is Cc1cccc(Nc2ncnc3cc(N4CCOCC4)c([N+](=O)[O-])cc23)c1. The molecule has 8 nitrogen and oxygen atoms in total. The molecule has 1 aliphatic heterocycles. The molecule has 2 aromatic carbocycles. The molecule has 1 N–H and O–H groups in total. The van der Waals surface area contributed by atoms with E-state index in [2.05, 4.69) is 15.3 Å². The number of aryl methyl sites for hydroxylation is 1. The lowest BCUT2D eigenvalue weighted by Crippen LogP contribution is -2.36. The minimum absolute atomic E-state index is 0.0477. The second kappa shape index (κ2) is 7.16. The maximum absolute atomic E-state index is 11.7. The molecule has 8 heteroatoms. The summed E-state index contributed by atoms with van der Waals surface area (Å²) >= 11 is 0. The van der Waals surface area contributed by atoms with Crippen LogP contribution >= 0.6 is 0 Å². The van der Waals surface area contributed by atoms with E-state index in [1.807, 2.05) is 36.1 Å². The lowest BCUT2D eigenvalue weighted by atomic mass is 10.1. The summed E-state index contributed by atoms with van der Waals surface area (Å²) in [5.41, 5.74) is 3.25. The third-order valence-corrected chi connectivity index (χ3v) is 4.56. The van der Waals surface area contributed by atoms with Crippen LogP contribution in [-0.4, -0.2) is 41.2 Å². The minimum atomic E-state index is -0.353. The largest absolute Gasteiger partial charge is 0.378 e. The third kappa shape index (κ3) is 3.52. The molecule has 0 aliphatic carbocycles. The zero-order valence-corrected chi connectivity index (χ0v) is 14.9. The van der Waals surface area contributed by atoms with Gasteiger partial charge in [0.1, 0.15) is 17.8 Å². The Balaban J connectivity index is 1.80. The van der Waals surface area contributed by atoms with Gasteiger partial charge in [-0.2, -0.15) is 0 Å². The van der Waals surface area contributed by atoms with Crippen LogP contribution in [0, 0.1) is 17.0 Å². The highest BCUT2D eigenvalue weighted by Gasteiger charge is 2.23. The Hall–Kier alpha value is -3.26. The Bertz CT molecular complexity index is 1000. The number of morpholine rings is 1. The fourth-order valence-corrected chi connectivity index (χ4v) is 3.24. The molecule has 1 fully saturated rings. The lowest BCUT2D eigenvalue weighted by molar-refractivity contribution is -0.384. The number of rotatable bonds is 4. The van der Waals surface area contributed by atoms with Gasteiger partial charge in [-0.15, -0.1) is 0 Å². The maximum atomic E-state index is 11.7. The molecule has 27 heavy (non-hydrogen) atoms. The van der Waals surface area contributed by atoms with Gasteiger partial charge in [-0.25, -0.2) is 9.97 Å². The Morgan fingerprint density at radius 2 is 2.00 bits per heavy atom. The van der Waals surface area contributed by atoms with E-state index in [0.717, 1.165) is 11.3 Å². The van der Waals surface area contributed by atoms with Gasteiger partial charge < -0.3 is 15.0 Å². The van der Waals surface area contributed by atoms with Crippen LogP contribution in [0.3, 0.4) is 0 Å². The van der Waals surface area contributed by atoms with Crippen molar-refractivity contribution in [2.75, 3.05) is 36.5 Å². The van der Waals surface area contributed by atoms with E-state index in [-0.39, 0.29) is 10.6 Å². The van der Waals surface area contributed by atoms with Crippen LogP contribution in [0.2, 0.25) is 0 Å². The van der Waals surface area contributed by atoms with Crippen molar-refractivity contribution in [1.29, 1.82) is 0 Å². The first-order chi connectivity index (χ1) is 13.1. The zero-order chi connectivity index (χ0) is 18.8. The fraction of sp³-hybridized carbons (Fsp3) is 0.263. The van der Waals surface area contributed by atoms with Crippen molar-refractivity contribution in [2.45, 2.75) is 6.92 Å². The van der Waals surface area contributed by atoms with Gasteiger partial charge in [-0.05, 0) is 30.7 Å². The van der Waals surface area contributed by atoms with Gasteiger partial charge in [0, 0.05) is 30.2 Å². The molecule has 4 rings (SSSR count). The predicted octanol–water partition coefficient (Wildman–Crippen LogP) is 3.43. The molecule has 138 valence electrons. The van der Waals surface area contributed by atoms with E-state index in [1.54, 1.807) is 12.1 Å². The Morgan fingerprint density at radius 1 is 1.19 bits per heavy atom. The predicted molar refractivity (Wildman–Crippen MR) is 104 cm³/mol. The van der Waals surface area contributed by atoms with Crippen LogP contribution in [0.15, 0.2) is 42.7 Å². The molecule has 1 aromatic heterocycles. The minimum Gasteiger partial charge on any atom is -0.378 e. The molecule has 2 heterocycles. The van der Waals surface area contributed by atoms with Crippen molar-refractivity contribution in [1.82, 2.24) is 9.97 Å². The summed E-state index contributed by atoms with van der Waals surface area (Å²) in [5.74, 6) is 0.544. The van der Waals surface area contributed by atoms with Crippen LogP contribution in [0.5, 0.6) is 0 Å². The smallest absolute Gasteiger partial charge is 0.293 e. The van der Waals surface area contributed by atoms with Crippen LogP contribution in [-0.2, 0) is 4.74 Å². The number of nitrogens with one attached hydrogen (secondary N) is 1. The Morgan fingerprint density at radius 3 is 2.74 bits per heavy atom. The van der Waals surface area contributed by atoms with Gasteiger partial charge in [-0.3, -0.25) is 10.1 Å². The number of hydrogen-bond acceptors (Lipinski definition) is 7. The van der Waals surface area contributed by atoms with E-state index in [1.165, 1.54) is 6.33 Å². The Labute approximate surface area is 156 Å². The molecule has 0 bridgehead atoms. The number of fused-ring (bicyclic) bond motifs is 1. The van der Waals surface area contributed by atoms with E-state index in [9.17, 15) is 10.1 Å². The number of benzene rings is 2. The van der Waals surface area contributed by atoms with Crippen molar-refractivity contribution in [3.63, 3.8) is 0 Å². The normalized spacial score (nSPS) is 14.3. The van der Waals surface area contributed by atoms with Gasteiger partial charge in [0.15, 0.2) is 0 Å². The fourth-order valence-electron chi connectivity index (χ4n) is 3.24. The van der Waals surface area contributed by atoms with Crippen molar-refractivity contribution in [2.24, 2.45) is 0 Å². The summed E-state index contributed by atoms with van der Waals surface area (Å²) in [4.78, 5) is 21.9. The molecular weight excluding hydrogens is 346 g/mol. The standard InChI is InChI=1S/C19H19N5O3/c1-13-3-2-4-14(9-13)22-19-15-10-18(24(25)26)17(11-16(15)20-12-21-19)23-5-7-27-8-6-23/h2-4,9-12H,5-8H2,1H3,(H,20,21,22).